The molecule has 0 spiro atoms. The first-order valence-electron chi connectivity index (χ1n) is 6.14. The van der Waals surface area contributed by atoms with Crippen molar-refractivity contribution >= 4 is 22.0 Å². The van der Waals surface area contributed by atoms with E-state index in [0.29, 0.717) is 6.54 Å². The van der Waals surface area contributed by atoms with Crippen LogP contribution in [0.3, 0.4) is 0 Å². The largest absolute Gasteiger partial charge is 0.380 e. The molecule has 1 N–H and O–H groups in total. The van der Waals surface area contributed by atoms with E-state index in [2.05, 4.69) is 15.5 Å². The molecule has 0 saturated heterocycles. The fourth-order valence-corrected chi connectivity index (χ4v) is 2.62. The number of nitrogens with zero attached hydrogens (tertiary/aromatic N) is 4. The highest BCUT2D eigenvalue weighted by atomic mass is 32.1. The van der Waals surface area contributed by atoms with Crippen LogP contribution in [-0.4, -0.2) is 19.7 Å². The van der Waals surface area contributed by atoms with Gasteiger partial charge in [0.05, 0.1) is 10.6 Å². The summed E-state index contributed by atoms with van der Waals surface area (Å²) in [5.74, 6) is 0. The highest BCUT2D eigenvalue weighted by Crippen LogP contribution is 2.25. The van der Waals surface area contributed by atoms with Crippen LogP contribution in [-0.2, 0) is 6.54 Å². The first kappa shape index (κ1) is 13.3. The lowest BCUT2D eigenvalue weighted by atomic mass is 10.2. The molecule has 0 saturated carbocycles. The van der Waals surface area contributed by atoms with Crippen LogP contribution in [0.5, 0.6) is 0 Å². The van der Waals surface area contributed by atoms with Crippen LogP contribution >= 0.6 is 11.3 Å². The molecule has 0 amide bonds. The number of nitrogens with one attached hydrogen (secondary N) is 1. The minimum Gasteiger partial charge on any atom is -0.380 e. The van der Waals surface area contributed by atoms with Gasteiger partial charge < -0.3 is 5.32 Å². The summed E-state index contributed by atoms with van der Waals surface area (Å²) in [6.45, 7) is 0.546. The smallest absolute Gasteiger partial charge is 0.324 e. The van der Waals surface area contributed by atoms with E-state index in [1.807, 2.05) is 24.3 Å². The Hall–Kier alpha value is -2.74. The number of thiophene rings is 1. The van der Waals surface area contributed by atoms with Gasteiger partial charge in [-0.2, -0.15) is 0 Å². The van der Waals surface area contributed by atoms with Crippen molar-refractivity contribution in [3.63, 3.8) is 0 Å². The van der Waals surface area contributed by atoms with Crippen LogP contribution < -0.4 is 5.32 Å². The van der Waals surface area contributed by atoms with Crippen LogP contribution in [0.2, 0.25) is 0 Å². The first-order chi connectivity index (χ1) is 10.2. The SMILES string of the molecule is O=[N+]([O-])c1ccc(CNc2cccc(-n3cnnc3)c2)s1. The molecule has 0 aliphatic carbocycles. The fourth-order valence-electron chi connectivity index (χ4n) is 1.86. The van der Waals surface area contributed by atoms with Crippen molar-refractivity contribution in [2.24, 2.45) is 0 Å². The Balaban J connectivity index is 1.70. The molecular formula is C13H11N5O2S. The normalized spacial score (nSPS) is 10.5. The van der Waals surface area contributed by atoms with Crippen molar-refractivity contribution in [1.82, 2.24) is 14.8 Å². The Labute approximate surface area is 124 Å². The topological polar surface area (TPSA) is 85.9 Å². The Kier molecular flexibility index (Phi) is 3.61. The lowest BCUT2D eigenvalue weighted by Gasteiger charge is -2.07. The van der Waals surface area contributed by atoms with Gasteiger partial charge >= 0.3 is 5.00 Å². The van der Waals surface area contributed by atoms with Gasteiger partial charge in [0.25, 0.3) is 0 Å². The zero-order chi connectivity index (χ0) is 14.7. The molecule has 7 nitrogen and oxygen atoms in total. The maximum atomic E-state index is 10.6. The zero-order valence-corrected chi connectivity index (χ0v) is 11.7. The molecule has 8 heteroatoms. The fraction of sp³-hybridized carbons (Fsp3) is 0.0769. The van der Waals surface area contributed by atoms with Crippen molar-refractivity contribution in [1.29, 1.82) is 0 Å². The Morgan fingerprint density at radius 2 is 2.05 bits per heavy atom. The van der Waals surface area contributed by atoms with Gasteiger partial charge in [-0.1, -0.05) is 17.4 Å². The Morgan fingerprint density at radius 1 is 1.24 bits per heavy atom. The number of hydrogen-bond donors (Lipinski definition) is 1. The molecular weight excluding hydrogens is 290 g/mol. The standard InChI is InChI=1S/C13H11N5O2S/c19-18(20)13-5-4-12(21-13)7-14-10-2-1-3-11(6-10)17-8-15-16-9-17/h1-6,8-9,14H,7H2. The third-order valence-electron chi connectivity index (χ3n) is 2.86. The van der Waals surface area contributed by atoms with Gasteiger partial charge in [0.2, 0.25) is 0 Å². The van der Waals surface area contributed by atoms with E-state index in [1.165, 1.54) is 17.4 Å². The lowest BCUT2D eigenvalue weighted by molar-refractivity contribution is -0.380. The summed E-state index contributed by atoms with van der Waals surface area (Å²) in [5, 5.41) is 21.6. The van der Waals surface area contributed by atoms with Crippen molar-refractivity contribution in [2.75, 3.05) is 5.32 Å². The van der Waals surface area contributed by atoms with E-state index in [9.17, 15) is 10.1 Å². The first-order valence-corrected chi connectivity index (χ1v) is 6.96. The maximum Gasteiger partial charge on any atom is 0.324 e. The van der Waals surface area contributed by atoms with Gasteiger partial charge in [-0.25, -0.2) is 0 Å². The molecule has 3 aromatic rings. The second kappa shape index (κ2) is 5.71. The number of anilines is 1. The molecule has 1 aromatic carbocycles. The summed E-state index contributed by atoms with van der Waals surface area (Å²) in [6.07, 6.45) is 3.25. The van der Waals surface area contributed by atoms with Crippen molar-refractivity contribution < 1.29 is 4.92 Å². The van der Waals surface area contributed by atoms with Crippen LogP contribution in [0, 0.1) is 10.1 Å². The van der Waals surface area contributed by atoms with E-state index in [-0.39, 0.29) is 9.92 Å². The summed E-state index contributed by atoms with van der Waals surface area (Å²) < 4.78 is 1.81. The molecule has 0 aliphatic heterocycles. The van der Waals surface area contributed by atoms with E-state index in [4.69, 9.17) is 0 Å². The second-order valence-corrected chi connectivity index (χ2v) is 5.42. The lowest BCUT2D eigenvalue weighted by Crippen LogP contribution is -1.98. The minimum absolute atomic E-state index is 0.157. The Bertz CT molecular complexity index is 754. The average Bonchev–Trinajstić information content (AvgIpc) is 3.17. The minimum atomic E-state index is -0.374. The molecule has 21 heavy (non-hydrogen) atoms. The maximum absolute atomic E-state index is 10.6. The van der Waals surface area contributed by atoms with E-state index >= 15 is 0 Å². The van der Waals surface area contributed by atoms with Gasteiger partial charge in [0, 0.05) is 23.2 Å². The van der Waals surface area contributed by atoms with Gasteiger partial charge in [-0.3, -0.25) is 14.7 Å². The molecule has 106 valence electrons. The molecule has 0 radical (unpaired) electrons. The quantitative estimate of drug-likeness (QED) is 0.578. The molecule has 3 rings (SSSR count). The second-order valence-electron chi connectivity index (χ2n) is 4.27. The third kappa shape index (κ3) is 3.06. The molecule has 0 unspecified atom stereocenters. The molecule has 0 atom stereocenters. The molecule has 2 aromatic heterocycles. The molecule has 0 aliphatic rings. The average molecular weight is 301 g/mol. The summed E-state index contributed by atoms with van der Waals surface area (Å²) >= 11 is 1.18. The predicted molar refractivity (Wildman–Crippen MR) is 79.7 cm³/mol. The molecule has 0 fully saturated rings. The third-order valence-corrected chi connectivity index (χ3v) is 3.89. The number of rotatable bonds is 5. The van der Waals surface area contributed by atoms with Gasteiger partial charge in [-0.05, 0) is 24.3 Å². The van der Waals surface area contributed by atoms with Crippen molar-refractivity contribution in [2.45, 2.75) is 6.54 Å². The zero-order valence-electron chi connectivity index (χ0n) is 10.8. The van der Waals surface area contributed by atoms with E-state index < -0.39 is 0 Å². The predicted octanol–water partition coefficient (Wildman–Crippen LogP) is 2.85. The highest BCUT2D eigenvalue weighted by molar-refractivity contribution is 7.15. The summed E-state index contributed by atoms with van der Waals surface area (Å²) in [7, 11) is 0. The van der Waals surface area contributed by atoms with Crippen LogP contribution in [0.15, 0.2) is 49.1 Å². The summed E-state index contributed by atoms with van der Waals surface area (Å²) in [5.41, 5.74) is 1.87. The van der Waals surface area contributed by atoms with Crippen LogP contribution in [0.1, 0.15) is 4.88 Å². The van der Waals surface area contributed by atoms with Crippen molar-refractivity contribution in [3.05, 3.63) is 64.0 Å². The molecule has 2 heterocycles. The van der Waals surface area contributed by atoms with Gasteiger partial charge in [0.15, 0.2) is 0 Å². The van der Waals surface area contributed by atoms with Crippen LogP contribution in [0.25, 0.3) is 5.69 Å². The van der Waals surface area contributed by atoms with E-state index in [1.54, 1.807) is 23.3 Å². The number of nitro groups is 1. The monoisotopic (exact) mass is 301 g/mol. The van der Waals surface area contributed by atoms with Gasteiger partial charge in [-0.15, -0.1) is 10.2 Å². The van der Waals surface area contributed by atoms with E-state index in [0.717, 1.165) is 16.3 Å². The molecule has 0 bridgehead atoms. The summed E-state index contributed by atoms with van der Waals surface area (Å²) in [4.78, 5) is 11.2. The number of benzene rings is 1. The Morgan fingerprint density at radius 3 is 2.76 bits per heavy atom. The van der Waals surface area contributed by atoms with Crippen molar-refractivity contribution in [3.8, 4) is 5.69 Å². The highest BCUT2D eigenvalue weighted by Gasteiger charge is 2.09. The van der Waals surface area contributed by atoms with Crippen LogP contribution in [0.4, 0.5) is 10.7 Å². The number of aromatic nitrogens is 3. The summed E-state index contributed by atoms with van der Waals surface area (Å²) in [6, 6.07) is 11.1. The van der Waals surface area contributed by atoms with Gasteiger partial charge in [0.1, 0.15) is 12.7 Å². The number of hydrogen-bond acceptors (Lipinski definition) is 6.